The third kappa shape index (κ3) is 4.94. The van der Waals surface area contributed by atoms with Crippen LogP contribution >= 0.6 is 0 Å². The van der Waals surface area contributed by atoms with Crippen molar-refractivity contribution in [3.63, 3.8) is 0 Å². The first-order valence-electron chi connectivity index (χ1n) is 8.04. The van der Waals surface area contributed by atoms with Gasteiger partial charge in [0.2, 0.25) is 5.91 Å². The van der Waals surface area contributed by atoms with Crippen molar-refractivity contribution in [3.8, 4) is 0 Å². The lowest BCUT2D eigenvalue weighted by molar-refractivity contribution is -0.126. The quantitative estimate of drug-likeness (QED) is 0.905. The largest absolute Gasteiger partial charge is 0.450 e. The Bertz CT molecular complexity index is 550. The second-order valence-electron chi connectivity index (χ2n) is 5.62. The van der Waals surface area contributed by atoms with Gasteiger partial charge in [-0.2, -0.15) is 0 Å². The lowest BCUT2D eigenvalue weighted by atomic mass is 9.97. The van der Waals surface area contributed by atoms with Gasteiger partial charge in [-0.15, -0.1) is 0 Å². The molecule has 5 nitrogen and oxygen atoms in total. The van der Waals surface area contributed by atoms with Gasteiger partial charge in [-0.1, -0.05) is 18.2 Å². The molecule has 1 aromatic rings. The first kappa shape index (κ1) is 17.2. The number of carbonyl (C=O) groups excluding carboxylic acids is 2. The molecule has 1 atom stereocenters. The van der Waals surface area contributed by atoms with Crippen LogP contribution in [0.5, 0.6) is 0 Å². The van der Waals surface area contributed by atoms with Crippen LogP contribution in [-0.2, 0) is 16.0 Å². The number of benzene rings is 1. The maximum atomic E-state index is 13.5. The minimum absolute atomic E-state index is 0.0877. The number of nitrogens with zero attached hydrogens (tertiary/aromatic N) is 1. The standard InChI is InChI=1S/C17H23FN2O3/c1-2-23-17(22)20-11-5-7-14(12-20)16(21)19-10-9-13-6-3-4-8-15(13)18/h3-4,6,8,14H,2,5,7,9-12H2,1H3,(H,19,21). The van der Waals surface area contributed by atoms with E-state index in [1.807, 2.05) is 0 Å². The van der Waals surface area contributed by atoms with Gasteiger partial charge >= 0.3 is 6.09 Å². The number of piperidine rings is 1. The molecular weight excluding hydrogens is 299 g/mol. The minimum atomic E-state index is -0.364. The van der Waals surface area contributed by atoms with E-state index >= 15 is 0 Å². The summed E-state index contributed by atoms with van der Waals surface area (Å²) in [4.78, 5) is 25.5. The SMILES string of the molecule is CCOC(=O)N1CCCC(C(=O)NCCc2ccccc2F)C1. The predicted molar refractivity (Wildman–Crippen MR) is 84.4 cm³/mol. The van der Waals surface area contributed by atoms with Crippen LogP contribution in [-0.4, -0.2) is 43.1 Å². The minimum Gasteiger partial charge on any atom is -0.450 e. The average Bonchev–Trinajstić information content (AvgIpc) is 2.57. The van der Waals surface area contributed by atoms with Gasteiger partial charge in [-0.3, -0.25) is 4.79 Å². The molecule has 1 fully saturated rings. The van der Waals surface area contributed by atoms with E-state index in [1.54, 1.807) is 30.0 Å². The van der Waals surface area contributed by atoms with E-state index < -0.39 is 0 Å². The van der Waals surface area contributed by atoms with Gasteiger partial charge in [-0.05, 0) is 37.8 Å². The van der Waals surface area contributed by atoms with E-state index in [-0.39, 0.29) is 23.7 Å². The van der Waals surface area contributed by atoms with Crippen LogP contribution in [0.2, 0.25) is 0 Å². The molecule has 0 aliphatic carbocycles. The number of carbonyl (C=O) groups is 2. The third-order valence-corrected chi connectivity index (χ3v) is 3.97. The van der Waals surface area contributed by atoms with Gasteiger partial charge in [-0.25, -0.2) is 9.18 Å². The molecule has 0 saturated carbocycles. The van der Waals surface area contributed by atoms with Crippen molar-refractivity contribution < 1.29 is 18.7 Å². The normalized spacial score (nSPS) is 17.7. The second-order valence-corrected chi connectivity index (χ2v) is 5.62. The molecule has 0 radical (unpaired) electrons. The molecule has 1 aliphatic heterocycles. The summed E-state index contributed by atoms with van der Waals surface area (Å²) in [5.74, 6) is -0.572. The number of hydrogen-bond donors (Lipinski definition) is 1. The molecule has 0 aromatic heterocycles. The summed E-state index contributed by atoms with van der Waals surface area (Å²) in [6, 6.07) is 6.54. The zero-order valence-corrected chi connectivity index (χ0v) is 13.4. The number of halogens is 1. The summed E-state index contributed by atoms with van der Waals surface area (Å²) in [6.07, 6.45) is 1.62. The molecule has 23 heavy (non-hydrogen) atoms. The van der Waals surface area contributed by atoms with Crippen LogP contribution in [0.1, 0.15) is 25.3 Å². The Kier molecular flexibility index (Phi) is 6.38. The Labute approximate surface area is 135 Å². The lowest BCUT2D eigenvalue weighted by Crippen LogP contribution is -2.45. The number of nitrogens with one attached hydrogen (secondary N) is 1. The van der Waals surface area contributed by atoms with Gasteiger partial charge < -0.3 is 15.0 Å². The fourth-order valence-electron chi connectivity index (χ4n) is 2.74. The van der Waals surface area contributed by atoms with Gasteiger partial charge in [0.25, 0.3) is 0 Å². The van der Waals surface area contributed by atoms with Crippen molar-refractivity contribution in [2.45, 2.75) is 26.2 Å². The number of likely N-dealkylation sites (tertiary alicyclic amines) is 1. The van der Waals surface area contributed by atoms with E-state index in [0.717, 1.165) is 12.8 Å². The molecule has 1 aromatic carbocycles. The van der Waals surface area contributed by atoms with Crippen molar-refractivity contribution in [1.29, 1.82) is 0 Å². The van der Waals surface area contributed by atoms with E-state index in [4.69, 9.17) is 4.74 Å². The van der Waals surface area contributed by atoms with Crippen molar-refractivity contribution in [2.75, 3.05) is 26.2 Å². The Morgan fingerprint density at radius 3 is 2.91 bits per heavy atom. The van der Waals surface area contributed by atoms with Crippen LogP contribution in [0, 0.1) is 11.7 Å². The average molecular weight is 322 g/mol. The van der Waals surface area contributed by atoms with Crippen molar-refractivity contribution >= 4 is 12.0 Å². The number of ether oxygens (including phenoxy) is 1. The topological polar surface area (TPSA) is 58.6 Å². The molecule has 1 heterocycles. The highest BCUT2D eigenvalue weighted by molar-refractivity contribution is 5.80. The maximum absolute atomic E-state index is 13.5. The van der Waals surface area contributed by atoms with E-state index in [2.05, 4.69) is 5.32 Å². The summed E-state index contributed by atoms with van der Waals surface area (Å²) in [7, 11) is 0. The highest BCUT2D eigenvalue weighted by Gasteiger charge is 2.28. The molecule has 0 spiro atoms. The molecule has 6 heteroatoms. The van der Waals surface area contributed by atoms with E-state index in [9.17, 15) is 14.0 Å². The molecule has 1 unspecified atom stereocenters. The fraction of sp³-hybridized carbons (Fsp3) is 0.529. The maximum Gasteiger partial charge on any atom is 0.409 e. The first-order chi connectivity index (χ1) is 11.1. The molecular formula is C17H23FN2O3. The predicted octanol–water partition coefficient (Wildman–Crippen LogP) is 2.35. The Morgan fingerprint density at radius 1 is 1.39 bits per heavy atom. The fourth-order valence-corrected chi connectivity index (χ4v) is 2.74. The van der Waals surface area contributed by atoms with Crippen LogP contribution in [0.25, 0.3) is 0 Å². The van der Waals surface area contributed by atoms with Crippen LogP contribution in [0.15, 0.2) is 24.3 Å². The van der Waals surface area contributed by atoms with Crippen LogP contribution in [0.3, 0.4) is 0 Å². The summed E-state index contributed by atoms with van der Waals surface area (Å²) >= 11 is 0. The summed E-state index contributed by atoms with van der Waals surface area (Å²) in [5, 5.41) is 2.84. The Morgan fingerprint density at radius 2 is 2.17 bits per heavy atom. The van der Waals surface area contributed by atoms with Gasteiger partial charge in [0, 0.05) is 19.6 Å². The summed E-state index contributed by atoms with van der Waals surface area (Å²) in [6.45, 7) is 3.47. The van der Waals surface area contributed by atoms with Crippen molar-refractivity contribution in [3.05, 3.63) is 35.6 Å². The molecule has 1 N–H and O–H groups in total. The molecule has 0 bridgehead atoms. The second kappa shape index (κ2) is 8.50. The highest BCUT2D eigenvalue weighted by atomic mass is 19.1. The monoisotopic (exact) mass is 322 g/mol. The molecule has 126 valence electrons. The number of hydrogen-bond acceptors (Lipinski definition) is 3. The highest BCUT2D eigenvalue weighted by Crippen LogP contribution is 2.17. The summed E-state index contributed by atoms with van der Waals surface area (Å²) < 4.78 is 18.5. The zero-order chi connectivity index (χ0) is 16.7. The third-order valence-electron chi connectivity index (χ3n) is 3.97. The van der Waals surface area contributed by atoms with Gasteiger partial charge in [0.1, 0.15) is 5.82 Å². The van der Waals surface area contributed by atoms with Crippen LogP contribution < -0.4 is 5.32 Å². The van der Waals surface area contributed by atoms with Crippen LogP contribution in [0.4, 0.5) is 9.18 Å². The Hall–Kier alpha value is -2.11. The first-order valence-corrected chi connectivity index (χ1v) is 8.04. The van der Waals surface area contributed by atoms with Gasteiger partial charge in [0.05, 0.1) is 12.5 Å². The summed E-state index contributed by atoms with van der Waals surface area (Å²) in [5.41, 5.74) is 0.588. The molecule has 1 aliphatic rings. The van der Waals surface area contributed by atoms with Crippen molar-refractivity contribution in [1.82, 2.24) is 10.2 Å². The lowest BCUT2D eigenvalue weighted by Gasteiger charge is -2.31. The number of rotatable bonds is 5. The Balaban J connectivity index is 1.79. The number of amides is 2. The zero-order valence-electron chi connectivity index (χ0n) is 13.4. The molecule has 2 rings (SSSR count). The molecule has 2 amide bonds. The van der Waals surface area contributed by atoms with E-state index in [1.165, 1.54) is 6.07 Å². The van der Waals surface area contributed by atoms with Crippen molar-refractivity contribution in [2.24, 2.45) is 5.92 Å². The molecule has 1 saturated heterocycles. The van der Waals surface area contributed by atoms with Gasteiger partial charge in [0.15, 0.2) is 0 Å². The smallest absolute Gasteiger partial charge is 0.409 e. The van der Waals surface area contributed by atoms with E-state index in [0.29, 0.717) is 38.2 Å².